The van der Waals surface area contributed by atoms with Crippen LogP contribution in [0.15, 0.2) is 12.4 Å². The molecule has 0 radical (unpaired) electrons. The van der Waals surface area contributed by atoms with E-state index in [9.17, 15) is 13.2 Å². The van der Waals surface area contributed by atoms with Crippen LogP contribution >= 0.6 is 0 Å². The molecule has 0 aliphatic carbocycles. The number of imidazole rings is 1. The normalized spacial score (nSPS) is 26.8. The Morgan fingerprint density at radius 1 is 1.52 bits per heavy atom. The van der Waals surface area contributed by atoms with E-state index in [4.69, 9.17) is 0 Å². The van der Waals surface area contributed by atoms with E-state index < -0.39 is 15.4 Å². The summed E-state index contributed by atoms with van der Waals surface area (Å²) < 4.78 is 27.4. The van der Waals surface area contributed by atoms with Gasteiger partial charge in [0, 0.05) is 58.1 Å². The zero-order valence-electron chi connectivity index (χ0n) is 15.1. The second kappa shape index (κ2) is 6.69. The molecule has 8 nitrogen and oxygen atoms in total. The van der Waals surface area contributed by atoms with Gasteiger partial charge in [-0.3, -0.25) is 4.79 Å². The molecule has 1 aromatic heterocycles. The Morgan fingerprint density at radius 2 is 2.28 bits per heavy atom. The maximum atomic E-state index is 13.5. The van der Waals surface area contributed by atoms with E-state index in [2.05, 4.69) is 10.3 Å². The first kappa shape index (κ1) is 18.3. The number of nitrogens with one attached hydrogen (secondary N) is 1. The van der Waals surface area contributed by atoms with Crippen molar-refractivity contribution in [1.82, 2.24) is 24.1 Å². The molecule has 0 spiro atoms. The number of hydrogen-bond donors (Lipinski definition) is 1. The molecular formula is C16H27N5O3S. The summed E-state index contributed by atoms with van der Waals surface area (Å²) in [5.74, 6) is 0.896. The summed E-state index contributed by atoms with van der Waals surface area (Å²) in [6.07, 6.45) is 5.66. The van der Waals surface area contributed by atoms with Gasteiger partial charge in [-0.05, 0) is 6.42 Å². The Bertz CT molecular complexity index is 747. The molecule has 0 unspecified atom stereocenters. The molecule has 2 aliphatic heterocycles. The first-order valence-electron chi connectivity index (χ1n) is 8.69. The highest BCUT2D eigenvalue weighted by atomic mass is 32.2. The van der Waals surface area contributed by atoms with Gasteiger partial charge in [-0.15, -0.1) is 0 Å². The van der Waals surface area contributed by atoms with Gasteiger partial charge in [-0.2, -0.15) is 0 Å². The maximum Gasteiger partial charge on any atom is 0.232 e. The molecule has 1 amide bonds. The fraction of sp³-hybridized carbons (Fsp3) is 0.750. The summed E-state index contributed by atoms with van der Waals surface area (Å²) in [4.78, 5) is 19.6. The molecule has 1 aromatic rings. The molecule has 0 saturated carbocycles. The molecule has 140 valence electrons. The lowest BCUT2D eigenvalue weighted by Gasteiger charge is -2.33. The molecule has 3 heterocycles. The molecule has 0 aromatic carbocycles. The van der Waals surface area contributed by atoms with Crippen LogP contribution in [0.5, 0.6) is 0 Å². The van der Waals surface area contributed by atoms with E-state index in [1.54, 1.807) is 6.20 Å². The predicted molar refractivity (Wildman–Crippen MR) is 94.1 cm³/mol. The molecular weight excluding hydrogens is 342 g/mol. The van der Waals surface area contributed by atoms with Crippen molar-refractivity contribution in [3.05, 3.63) is 18.2 Å². The number of carbonyl (C=O) groups is 1. The van der Waals surface area contributed by atoms with Crippen LogP contribution in [0.4, 0.5) is 0 Å². The number of rotatable bonds is 6. The summed E-state index contributed by atoms with van der Waals surface area (Å²) in [5, 5.41) is 3.30. The standard InChI is InChI=1S/C16H27N5O3S/c1-4-6-20(10-14-18-5-7-19(14)2)15(22)16-11-17-8-13(16)9-21(12-16)25(3,23)24/h5,7,13,17H,4,6,8-12H2,1-3H3/t13-,16-/m0/s1. The van der Waals surface area contributed by atoms with Crippen molar-refractivity contribution in [3.8, 4) is 0 Å². The van der Waals surface area contributed by atoms with Crippen LogP contribution in [-0.2, 0) is 28.4 Å². The number of nitrogens with zero attached hydrogens (tertiary/aromatic N) is 4. The van der Waals surface area contributed by atoms with Crippen molar-refractivity contribution < 1.29 is 13.2 Å². The summed E-state index contributed by atoms with van der Waals surface area (Å²) in [7, 11) is -1.38. The van der Waals surface area contributed by atoms with Gasteiger partial charge in [-0.25, -0.2) is 17.7 Å². The number of sulfonamides is 1. The Morgan fingerprint density at radius 3 is 2.88 bits per heavy atom. The van der Waals surface area contributed by atoms with Crippen LogP contribution in [0.25, 0.3) is 0 Å². The zero-order valence-corrected chi connectivity index (χ0v) is 15.9. The lowest BCUT2D eigenvalue weighted by Crippen LogP contribution is -2.49. The highest BCUT2D eigenvalue weighted by molar-refractivity contribution is 7.88. The van der Waals surface area contributed by atoms with Crippen molar-refractivity contribution >= 4 is 15.9 Å². The molecule has 0 bridgehead atoms. The number of fused-ring (bicyclic) bond motifs is 1. The summed E-state index contributed by atoms with van der Waals surface area (Å²) in [6.45, 7) is 5.02. The summed E-state index contributed by atoms with van der Waals surface area (Å²) in [6, 6.07) is 0. The molecule has 2 fully saturated rings. The number of aryl methyl sites for hydroxylation is 1. The van der Waals surface area contributed by atoms with E-state index in [0.29, 0.717) is 32.7 Å². The Hall–Kier alpha value is -1.45. The Balaban J connectivity index is 1.86. The largest absolute Gasteiger partial charge is 0.337 e. The average Bonchev–Trinajstić information content (AvgIpc) is 3.20. The monoisotopic (exact) mass is 369 g/mol. The van der Waals surface area contributed by atoms with Gasteiger partial charge in [0.25, 0.3) is 0 Å². The molecule has 1 N–H and O–H groups in total. The van der Waals surface area contributed by atoms with Crippen molar-refractivity contribution in [3.63, 3.8) is 0 Å². The summed E-state index contributed by atoms with van der Waals surface area (Å²) >= 11 is 0. The first-order chi connectivity index (χ1) is 11.8. The molecule has 25 heavy (non-hydrogen) atoms. The van der Waals surface area contributed by atoms with Gasteiger partial charge >= 0.3 is 0 Å². The lowest BCUT2D eigenvalue weighted by atomic mass is 9.79. The van der Waals surface area contributed by atoms with Gasteiger partial charge in [-0.1, -0.05) is 6.92 Å². The number of carbonyl (C=O) groups excluding carboxylic acids is 1. The SMILES string of the molecule is CCCN(Cc1nccn1C)C(=O)[C@]12CNC[C@H]1CN(S(C)(=O)=O)C2. The van der Waals surface area contributed by atoms with Crippen LogP contribution in [0.2, 0.25) is 0 Å². The van der Waals surface area contributed by atoms with Crippen LogP contribution in [0.3, 0.4) is 0 Å². The minimum absolute atomic E-state index is 0.0236. The fourth-order valence-corrected chi connectivity index (χ4v) is 4.90. The third kappa shape index (κ3) is 3.32. The summed E-state index contributed by atoms with van der Waals surface area (Å²) in [5.41, 5.74) is -0.663. The van der Waals surface area contributed by atoms with Gasteiger partial charge in [0.05, 0.1) is 18.2 Å². The van der Waals surface area contributed by atoms with E-state index >= 15 is 0 Å². The second-order valence-electron chi connectivity index (χ2n) is 7.22. The van der Waals surface area contributed by atoms with Gasteiger partial charge < -0.3 is 14.8 Å². The van der Waals surface area contributed by atoms with Gasteiger partial charge in [0.15, 0.2) is 0 Å². The van der Waals surface area contributed by atoms with Gasteiger partial charge in [0.2, 0.25) is 15.9 Å². The van der Waals surface area contributed by atoms with Crippen molar-refractivity contribution in [2.45, 2.75) is 19.9 Å². The highest BCUT2D eigenvalue weighted by Crippen LogP contribution is 2.41. The lowest BCUT2D eigenvalue weighted by molar-refractivity contribution is -0.142. The molecule has 9 heteroatoms. The quantitative estimate of drug-likeness (QED) is 0.740. The van der Waals surface area contributed by atoms with Crippen LogP contribution in [0, 0.1) is 11.3 Å². The van der Waals surface area contributed by atoms with Crippen LogP contribution < -0.4 is 5.32 Å². The third-order valence-electron chi connectivity index (χ3n) is 5.42. The smallest absolute Gasteiger partial charge is 0.232 e. The number of aromatic nitrogens is 2. The second-order valence-corrected chi connectivity index (χ2v) is 9.20. The van der Waals surface area contributed by atoms with Crippen molar-refractivity contribution in [2.24, 2.45) is 18.4 Å². The van der Waals surface area contributed by atoms with Crippen LogP contribution in [-0.4, -0.2) is 72.1 Å². The van der Waals surface area contributed by atoms with Crippen LogP contribution in [0.1, 0.15) is 19.2 Å². The minimum Gasteiger partial charge on any atom is -0.337 e. The van der Waals surface area contributed by atoms with Crippen molar-refractivity contribution in [1.29, 1.82) is 0 Å². The van der Waals surface area contributed by atoms with Gasteiger partial charge in [0.1, 0.15) is 5.82 Å². The third-order valence-corrected chi connectivity index (χ3v) is 6.64. The zero-order chi connectivity index (χ0) is 18.2. The fourth-order valence-electron chi connectivity index (χ4n) is 3.99. The minimum atomic E-state index is -3.29. The number of amides is 1. The molecule has 2 atom stereocenters. The van der Waals surface area contributed by atoms with E-state index in [1.165, 1.54) is 10.6 Å². The molecule has 2 saturated heterocycles. The number of hydrogen-bond acceptors (Lipinski definition) is 5. The Labute approximate surface area is 149 Å². The maximum absolute atomic E-state index is 13.5. The van der Waals surface area contributed by atoms with E-state index in [0.717, 1.165) is 12.2 Å². The van der Waals surface area contributed by atoms with E-state index in [-0.39, 0.29) is 18.4 Å². The van der Waals surface area contributed by atoms with Crippen molar-refractivity contribution in [2.75, 3.05) is 39.0 Å². The van der Waals surface area contributed by atoms with E-state index in [1.807, 2.05) is 29.6 Å². The molecule has 3 rings (SSSR count). The first-order valence-corrected chi connectivity index (χ1v) is 10.5. The highest BCUT2D eigenvalue weighted by Gasteiger charge is 2.57. The average molecular weight is 369 g/mol. The Kier molecular flexibility index (Phi) is 4.91. The predicted octanol–water partition coefficient (Wildman–Crippen LogP) is -0.360. The molecule has 2 aliphatic rings. The topological polar surface area (TPSA) is 87.5 Å².